The number of urea groups is 1. The van der Waals surface area contributed by atoms with E-state index in [1.165, 1.54) is 17.7 Å². The lowest BCUT2D eigenvalue weighted by Crippen LogP contribution is -2.52. The third kappa shape index (κ3) is 4.06. The Morgan fingerprint density at radius 3 is 2.29 bits per heavy atom. The van der Waals surface area contributed by atoms with Crippen molar-refractivity contribution in [3.05, 3.63) is 101 Å². The average molecular weight is 416 g/mol. The van der Waals surface area contributed by atoms with Gasteiger partial charge in [-0.05, 0) is 42.2 Å². The lowest BCUT2D eigenvalue weighted by atomic mass is 9.90. The largest absolute Gasteiger partial charge is 0.322 e. The lowest BCUT2D eigenvalue weighted by molar-refractivity contribution is 0.106. The molecule has 1 fully saturated rings. The number of anilines is 1. The van der Waals surface area contributed by atoms with Crippen LogP contribution in [0.3, 0.4) is 0 Å². The molecule has 5 rings (SSSR count). The van der Waals surface area contributed by atoms with Gasteiger partial charge in [0.25, 0.3) is 0 Å². The second-order valence-corrected chi connectivity index (χ2v) is 8.37. The summed E-state index contributed by atoms with van der Waals surface area (Å²) < 4.78 is 13.6. The molecule has 1 unspecified atom stereocenters. The third-order valence-corrected chi connectivity index (χ3v) is 6.39. The summed E-state index contributed by atoms with van der Waals surface area (Å²) in [7, 11) is 0. The highest BCUT2D eigenvalue weighted by Gasteiger charge is 2.39. The maximum absolute atomic E-state index is 13.6. The normalized spacial score (nSPS) is 19.7. The number of fused-ring (bicyclic) bond motifs is 1. The second kappa shape index (κ2) is 8.52. The third-order valence-electron chi connectivity index (χ3n) is 6.39. The maximum Gasteiger partial charge on any atom is 0.322 e. The summed E-state index contributed by atoms with van der Waals surface area (Å²) >= 11 is 0. The van der Waals surface area contributed by atoms with Crippen LogP contribution in [-0.2, 0) is 6.54 Å². The summed E-state index contributed by atoms with van der Waals surface area (Å²) in [4.78, 5) is 17.6. The van der Waals surface area contributed by atoms with Crippen molar-refractivity contribution in [2.24, 2.45) is 0 Å². The van der Waals surface area contributed by atoms with Crippen LogP contribution in [0.4, 0.5) is 14.9 Å². The summed E-state index contributed by atoms with van der Waals surface area (Å²) in [6, 6.07) is 24.8. The van der Waals surface area contributed by atoms with E-state index in [2.05, 4.69) is 40.5 Å². The van der Waals surface area contributed by atoms with Gasteiger partial charge in [-0.25, -0.2) is 9.18 Å². The molecule has 2 heterocycles. The average Bonchev–Trinajstić information content (AvgIpc) is 2.80. The van der Waals surface area contributed by atoms with Gasteiger partial charge in [0.2, 0.25) is 0 Å². The minimum Gasteiger partial charge on any atom is -0.310 e. The van der Waals surface area contributed by atoms with Crippen molar-refractivity contribution in [3.63, 3.8) is 0 Å². The van der Waals surface area contributed by atoms with Crippen LogP contribution in [-0.4, -0.2) is 35.0 Å². The van der Waals surface area contributed by atoms with Crippen LogP contribution in [0.1, 0.15) is 35.6 Å². The van der Waals surface area contributed by atoms with E-state index >= 15 is 0 Å². The Morgan fingerprint density at radius 1 is 0.871 bits per heavy atom. The number of halogens is 1. The van der Waals surface area contributed by atoms with E-state index in [0.717, 1.165) is 49.3 Å². The SMILES string of the molecule is O=C1Nc2ccccc2C(c2ccc(F)cc2)N1C1CCN(Cc2ccccc2)CC1. The van der Waals surface area contributed by atoms with Crippen molar-refractivity contribution in [1.82, 2.24) is 9.80 Å². The smallest absolute Gasteiger partial charge is 0.310 e. The van der Waals surface area contributed by atoms with E-state index in [0.29, 0.717) is 0 Å². The van der Waals surface area contributed by atoms with E-state index in [4.69, 9.17) is 0 Å². The predicted molar refractivity (Wildman–Crippen MR) is 120 cm³/mol. The number of amides is 2. The number of nitrogens with one attached hydrogen (secondary N) is 1. The lowest BCUT2D eigenvalue weighted by Gasteiger charge is -2.45. The van der Waals surface area contributed by atoms with Gasteiger partial charge in [0.05, 0.1) is 6.04 Å². The Kier molecular flexibility index (Phi) is 5.43. The van der Waals surface area contributed by atoms with Crippen molar-refractivity contribution >= 4 is 11.7 Å². The van der Waals surface area contributed by atoms with Crippen molar-refractivity contribution < 1.29 is 9.18 Å². The zero-order valence-electron chi connectivity index (χ0n) is 17.4. The number of likely N-dealkylation sites (tertiary alicyclic amines) is 1. The standard InChI is InChI=1S/C26H26FN3O/c27-21-12-10-20(11-13-21)25-23-8-4-5-9-24(23)28-26(31)30(25)22-14-16-29(17-15-22)18-19-6-2-1-3-7-19/h1-13,22,25H,14-18H2,(H,28,31). The number of carbonyl (C=O) groups excluding carboxylic acids is 1. The molecule has 1 saturated heterocycles. The van der Waals surface area contributed by atoms with E-state index in [9.17, 15) is 9.18 Å². The number of rotatable bonds is 4. The Balaban J connectivity index is 1.39. The number of nitrogens with zero attached hydrogens (tertiary/aromatic N) is 2. The van der Waals surface area contributed by atoms with Gasteiger partial charge in [-0.1, -0.05) is 60.7 Å². The van der Waals surface area contributed by atoms with Crippen LogP contribution >= 0.6 is 0 Å². The number of para-hydroxylation sites is 1. The van der Waals surface area contributed by atoms with E-state index < -0.39 is 0 Å². The van der Waals surface area contributed by atoms with Crippen molar-refractivity contribution in [1.29, 1.82) is 0 Å². The van der Waals surface area contributed by atoms with Gasteiger partial charge in [0, 0.05) is 36.9 Å². The van der Waals surface area contributed by atoms with Crippen molar-refractivity contribution in [2.75, 3.05) is 18.4 Å². The van der Waals surface area contributed by atoms with Gasteiger partial charge in [-0.2, -0.15) is 0 Å². The topological polar surface area (TPSA) is 35.6 Å². The molecule has 1 atom stereocenters. The number of piperidine rings is 1. The molecule has 0 bridgehead atoms. The molecule has 2 aliphatic rings. The van der Waals surface area contributed by atoms with Gasteiger partial charge >= 0.3 is 6.03 Å². The fraction of sp³-hybridized carbons (Fsp3) is 0.269. The fourth-order valence-corrected chi connectivity index (χ4v) is 4.86. The van der Waals surface area contributed by atoms with Gasteiger partial charge in [0.15, 0.2) is 0 Å². The predicted octanol–water partition coefficient (Wildman–Crippen LogP) is 5.43. The molecule has 5 heteroatoms. The molecule has 2 aliphatic heterocycles. The van der Waals surface area contributed by atoms with Crippen molar-refractivity contribution in [2.45, 2.75) is 31.5 Å². The monoisotopic (exact) mass is 415 g/mol. The highest BCUT2D eigenvalue weighted by atomic mass is 19.1. The molecule has 0 radical (unpaired) electrons. The van der Waals surface area contributed by atoms with Gasteiger partial charge in [-0.15, -0.1) is 0 Å². The minimum atomic E-state index is -0.266. The molecular weight excluding hydrogens is 389 g/mol. The Labute approximate surface area is 182 Å². The highest BCUT2D eigenvalue weighted by molar-refractivity contribution is 5.93. The molecule has 0 spiro atoms. The number of hydrogen-bond donors (Lipinski definition) is 1. The Morgan fingerprint density at radius 2 is 1.55 bits per heavy atom. The van der Waals surface area contributed by atoms with Crippen LogP contribution in [0.25, 0.3) is 0 Å². The van der Waals surface area contributed by atoms with Crippen LogP contribution in [0.15, 0.2) is 78.9 Å². The van der Waals surface area contributed by atoms with Gasteiger partial charge in [0.1, 0.15) is 5.82 Å². The molecule has 0 aromatic heterocycles. The highest BCUT2D eigenvalue weighted by Crippen LogP contribution is 2.40. The van der Waals surface area contributed by atoms with E-state index in [1.54, 1.807) is 12.1 Å². The molecule has 3 aromatic carbocycles. The molecule has 158 valence electrons. The molecule has 4 nitrogen and oxygen atoms in total. The number of benzene rings is 3. The molecular formula is C26H26FN3O. The quantitative estimate of drug-likeness (QED) is 0.617. The van der Waals surface area contributed by atoms with Crippen LogP contribution < -0.4 is 5.32 Å². The summed E-state index contributed by atoms with van der Waals surface area (Å²) in [5, 5.41) is 3.07. The summed E-state index contributed by atoms with van der Waals surface area (Å²) in [6.07, 6.45) is 1.83. The Hall–Kier alpha value is -3.18. The molecule has 0 saturated carbocycles. The summed E-state index contributed by atoms with van der Waals surface area (Å²) in [5.41, 5.74) is 4.14. The van der Waals surface area contributed by atoms with Gasteiger partial charge < -0.3 is 10.2 Å². The minimum absolute atomic E-state index is 0.0745. The maximum atomic E-state index is 13.6. The fourth-order valence-electron chi connectivity index (χ4n) is 4.86. The first-order valence-electron chi connectivity index (χ1n) is 10.9. The summed E-state index contributed by atoms with van der Waals surface area (Å²) in [6.45, 7) is 2.83. The second-order valence-electron chi connectivity index (χ2n) is 8.37. The molecule has 31 heavy (non-hydrogen) atoms. The first-order valence-corrected chi connectivity index (χ1v) is 10.9. The zero-order chi connectivity index (χ0) is 21.2. The van der Waals surface area contributed by atoms with Crippen molar-refractivity contribution in [3.8, 4) is 0 Å². The van der Waals surface area contributed by atoms with E-state index in [-0.39, 0.29) is 23.9 Å². The molecule has 3 aromatic rings. The van der Waals surface area contributed by atoms with Crippen LogP contribution in [0, 0.1) is 5.82 Å². The molecule has 1 N–H and O–H groups in total. The molecule has 2 amide bonds. The molecule has 0 aliphatic carbocycles. The first kappa shape index (κ1) is 19.8. The number of hydrogen-bond acceptors (Lipinski definition) is 2. The number of carbonyl (C=O) groups is 1. The van der Waals surface area contributed by atoms with Crippen LogP contribution in [0.5, 0.6) is 0 Å². The zero-order valence-corrected chi connectivity index (χ0v) is 17.4. The van der Waals surface area contributed by atoms with Crippen LogP contribution in [0.2, 0.25) is 0 Å². The van der Waals surface area contributed by atoms with Gasteiger partial charge in [-0.3, -0.25) is 4.90 Å². The summed E-state index contributed by atoms with van der Waals surface area (Å²) in [5.74, 6) is -0.266. The first-order chi connectivity index (χ1) is 15.2. The van der Waals surface area contributed by atoms with E-state index in [1.807, 2.05) is 29.2 Å². The Bertz CT molecular complexity index is 1050.